The van der Waals surface area contributed by atoms with Gasteiger partial charge in [0.1, 0.15) is 18.1 Å². The lowest BCUT2D eigenvalue weighted by molar-refractivity contribution is -0.660. The van der Waals surface area contributed by atoms with Crippen LogP contribution in [-0.4, -0.2) is 4.98 Å². The maximum Gasteiger partial charge on any atom is 0.213 e. The average molecular weight is 317 g/mol. The molecule has 0 N–H and O–H groups in total. The summed E-state index contributed by atoms with van der Waals surface area (Å²) in [5, 5.41) is 1.10. The number of fused-ring (bicyclic) bond motifs is 3. The highest BCUT2D eigenvalue weighted by Gasteiger charge is 2.21. The van der Waals surface area contributed by atoms with E-state index in [1.165, 1.54) is 22.4 Å². The Morgan fingerprint density at radius 3 is 2.62 bits per heavy atom. The zero-order valence-corrected chi connectivity index (χ0v) is 14.5. The summed E-state index contributed by atoms with van der Waals surface area (Å²) in [6.07, 6.45) is 4.04. The standard InChI is InChI=1S/C21H21N2O/c1-13(2)15-8-9-16(23(4)12-15)19-14(3)7-10-17-20(19)21-18(24-17)6-5-11-22-21/h5-13H,1-4H3/q+1. The molecule has 3 nitrogen and oxygen atoms in total. The van der Waals surface area contributed by atoms with Gasteiger partial charge in [0.25, 0.3) is 0 Å². The molecule has 0 radical (unpaired) electrons. The summed E-state index contributed by atoms with van der Waals surface area (Å²) in [4.78, 5) is 4.57. The van der Waals surface area contributed by atoms with E-state index in [1.807, 2.05) is 24.4 Å². The van der Waals surface area contributed by atoms with E-state index in [-0.39, 0.29) is 0 Å². The number of hydrogen-bond acceptors (Lipinski definition) is 2. The van der Waals surface area contributed by atoms with E-state index in [4.69, 9.17) is 4.42 Å². The van der Waals surface area contributed by atoms with Gasteiger partial charge in [0, 0.05) is 17.8 Å². The molecular formula is C21H21N2O+. The second-order valence-electron chi connectivity index (χ2n) is 6.70. The van der Waals surface area contributed by atoms with Gasteiger partial charge in [-0.3, -0.25) is 4.98 Å². The molecule has 0 atom stereocenters. The Hall–Kier alpha value is -2.68. The van der Waals surface area contributed by atoms with Crippen LogP contribution in [0, 0.1) is 6.92 Å². The molecule has 1 aromatic carbocycles. The molecule has 3 heteroatoms. The largest absolute Gasteiger partial charge is 0.454 e. The lowest BCUT2D eigenvalue weighted by atomic mass is 9.98. The van der Waals surface area contributed by atoms with E-state index in [2.05, 4.69) is 61.8 Å². The molecule has 24 heavy (non-hydrogen) atoms. The molecule has 0 bridgehead atoms. The molecule has 4 rings (SSSR count). The molecule has 0 aliphatic rings. The van der Waals surface area contributed by atoms with Crippen molar-refractivity contribution in [3.8, 4) is 11.3 Å². The van der Waals surface area contributed by atoms with Crippen LogP contribution in [0.4, 0.5) is 0 Å². The van der Waals surface area contributed by atoms with Crippen LogP contribution in [0.3, 0.4) is 0 Å². The Kier molecular flexibility index (Phi) is 3.38. The van der Waals surface area contributed by atoms with Crippen molar-refractivity contribution in [3.63, 3.8) is 0 Å². The number of furan rings is 1. The van der Waals surface area contributed by atoms with Crippen molar-refractivity contribution in [1.29, 1.82) is 0 Å². The summed E-state index contributed by atoms with van der Waals surface area (Å²) in [5.41, 5.74) is 7.58. The predicted octanol–water partition coefficient (Wildman–Crippen LogP) is 4.90. The lowest BCUT2D eigenvalue weighted by Crippen LogP contribution is -2.31. The first-order valence-electron chi connectivity index (χ1n) is 8.33. The zero-order chi connectivity index (χ0) is 16.8. The molecule has 120 valence electrons. The molecular weight excluding hydrogens is 296 g/mol. The number of hydrogen-bond donors (Lipinski definition) is 0. The highest BCUT2D eigenvalue weighted by molar-refractivity contribution is 6.10. The maximum atomic E-state index is 6.00. The average Bonchev–Trinajstić information content (AvgIpc) is 2.94. The first-order chi connectivity index (χ1) is 11.6. The Balaban J connectivity index is 2.08. The van der Waals surface area contributed by atoms with Gasteiger partial charge in [-0.05, 0) is 42.7 Å². The SMILES string of the molecule is Cc1ccc2oc3cccnc3c2c1-c1ccc(C(C)C)c[n+]1C. The van der Waals surface area contributed by atoms with Crippen LogP contribution in [-0.2, 0) is 7.05 Å². The third-order valence-electron chi connectivity index (χ3n) is 4.68. The van der Waals surface area contributed by atoms with Crippen LogP contribution >= 0.6 is 0 Å². The van der Waals surface area contributed by atoms with Crippen LogP contribution < -0.4 is 4.57 Å². The van der Waals surface area contributed by atoms with Crippen molar-refractivity contribution in [1.82, 2.24) is 4.98 Å². The molecule has 0 aliphatic heterocycles. The van der Waals surface area contributed by atoms with E-state index in [1.54, 1.807) is 0 Å². The summed E-state index contributed by atoms with van der Waals surface area (Å²) in [5.74, 6) is 0.513. The highest BCUT2D eigenvalue weighted by Crippen LogP contribution is 2.36. The molecule has 3 aromatic heterocycles. The van der Waals surface area contributed by atoms with Crippen molar-refractivity contribution >= 4 is 22.1 Å². The van der Waals surface area contributed by atoms with E-state index in [0.717, 1.165) is 22.1 Å². The van der Waals surface area contributed by atoms with Gasteiger partial charge in [0.2, 0.25) is 5.69 Å². The van der Waals surface area contributed by atoms with Gasteiger partial charge in [0.05, 0.1) is 10.9 Å². The van der Waals surface area contributed by atoms with Gasteiger partial charge < -0.3 is 4.42 Å². The van der Waals surface area contributed by atoms with Crippen molar-refractivity contribution in [2.75, 3.05) is 0 Å². The third-order valence-corrected chi connectivity index (χ3v) is 4.68. The topological polar surface area (TPSA) is 29.9 Å². The second kappa shape index (κ2) is 5.45. The third kappa shape index (κ3) is 2.20. The molecule has 0 saturated heterocycles. The first-order valence-corrected chi connectivity index (χ1v) is 8.33. The number of aryl methyl sites for hydroxylation is 2. The zero-order valence-electron chi connectivity index (χ0n) is 14.5. The first kappa shape index (κ1) is 14.9. The Bertz CT molecular complexity index is 1060. The van der Waals surface area contributed by atoms with Crippen molar-refractivity contribution in [2.24, 2.45) is 7.05 Å². The van der Waals surface area contributed by atoms with Gasteiger partial charge in [-0.1, -0.05) is 19.9 Å². The molecule has 0 spiro atoms. The van der Waals surface area contributed by atoms with E-state index in [9.17, 15) is 0 Å². The van der Waals surface area contributed by atoms with E-state index in [0.29, 0.717) is 5.92 Å². The smallest absolute Gasteiger partial charge is 0.213 e. The predicted molar refractivity (Wildman–Crippen MR) is 97.0 cm³/mol. The molecule has 0 aliphatic carbocycles. The van der Waals surface area contributed by atoms with Gasteiger partial charge in [-0.15, -0.1) is 0 Å². The number of rotatable bonds is 2. The number of pyridine rings is 2. The molecule has 0 fully saturated rings. The molecule has 0 amide bonds. The fourth-order valence-corrected chi connectivity index (χ4v) is 3.35. The lowest BCUT2D eigenvalue weighted by Gasteiger charge is -2.09. The minimum absolute atomic E-state index is 0.513. The minimum atomic E-state index is 0.513. The van der Waals surface area contributed by atoms with Gasteiger partial charge in [-0.25, -0.2) is 4.57 Å². The number of aromatic nitrogens is 2. The maximum absolute atomic E-state index is 6.00. The summed E-state index contributed by atoms with van der Waals surface area (Å²) >= 11 is 0. The van der Waals surface area contributed by atoms with Crippen LogP contribution in [0.1, 0.15) is 30.9 Å². The van der Waals surface area contributed by atoms with Crippen LogP contribution in [0.25, 0.3) is 33.3 Å². The monoisotopic (exact) mass is 317 g/mol. The quantitative estimate of drug-likeness (QED) is 0.492. The Morgan fingerprint density at radius 1 is 1.04 bits per heavy atom. The fraction of sp³-hybridized carbons (Fsp3) is 0.238. The normalized spacial score (nSPS) is 11.7. The molecule has 0 saturated carbocycles. The molecule has 0 unspecified atom stereocenters. The molecule has 4 aromatic rings. The summed E-state index contributed by atoms with van der Waals surface area (Å²) in [6, 6.07) is 12.5. The van der Waals surface area contributed by atoms with Crippen LogP contribution in [0.5, 0.6) is 0 Å². The van der Waals surface area contributed by atoms with E-state index < -0.39 is 0 Å². The second-order valence-corrected chi connectivity index (χ2v) is 6.70. The van der Waals surface area contributed by atoms with Crippen molar-refractivity contribution in [2.45, 2.75) is 26.7 Å². The summed E-state index contributed by atoms with van der Waals surface area (Å²) in [7, 11) is 2.11. The number of nitrogens with zero attached hydrogens (tertiary/aromatic N) is 2. The highest BCUT2D eigenvalue weighted by atomic mass is 16.3. The van der Waals surface area contributed by atoms with Crippen LogP contribution in [0.15, 0.2) is 53.2 Å². The van der Waals surface area contributed by atoms with Gasteiger partial charge in [-0.2, -0.15) is 0 Å². The molecule has 3 heterocycles. The Morgan fingerprint density at radius 2 is 1.88 bits per heavy atom. The van der Waals surface area contributed by atoms with Gasteiger partial charge >= 0.3 is 0 Å². The number of benzene rings is 1. The Labute approximate surface area is 141 Å². The van der Waals surface area contributed by atoms with Crippen molar-refractivity contribution in [3.05, 3.63) is 59.9 Å². The minimum Gasteiger partial charge on any atom is -0.454 e. The summed E-state index contributed by atoms with van der Waals surface area (Å²) < 4.78 is 8.21. The van der Waals surface area contributed by atoms with Crippen LogP contribution in [0.2, 0.25) is 0 Å². The summed E-state index contributed by atoms with van der Waals surface area (Å²) in [6.45, 7) is 6.58. The fourth-order valence-electron chi connectivity index (χ4n) is 3.35. The van der Waals surface area contributed by atoms with Gasteiger partial charge in [0.15, 0.2) is 11.8 Å². The van der Waals surface area contributed by atoms with Crippen molar-refractivity contribution < 1.29 is 8.98 Å². The van der Waals surface area contributed by atoms with E-state index >= 15 is 0 Å².